The molecule has 0 aliphatic rings. The van der Waals surface area contributed by atoms with Gasteiger partial charge in [-0.05, 0) is 23.8 Å². The van der Waals surface area contributed by atoms with Gasteiger partial charge in [0.15, 0.2) is 5.82 Å². The van der Waals surface area contributed by atoms with E-state index in [4.69, 9.17) is 5.73 Å². The lowest BCUT2D eigenvalue weighted by Gasteiger charge is -2.14. The third kappa shape index (κ3) is 4.50. The second-order valence-corrected chi connectivity index (χ2v) is 5.10. The van der Waals surface area contributed by atoms with Crippen LogP contribution in [0.5, 0.6) is 0 Å². The van der Waals surface area contributed by atoms with Gasteiger partial charge in [-0.15, -0.1) is 0 Å². The molecule has 4 N–H and O–H groups in total. The Hall–Kier alpha value is -2.96. The number of carbonyl (C=O) groups excluding carboxylic acids is 2. The van der Waals surface area contributed by atoms with E-state index < -0.39 is 0 Å². The Balaban J connectivity index is 2.39. The van der Waals surface area contributed by atoms with E-state index in [0.29, 0.717) is 17.8 Å². The Bertz CT molecular complexity index is 744. The smallest absolute Gasteiger partial charge is 0.222 e. The zero-order valence-electron chi connectivity index (χ0n) is 12.8. The van der Waals surface area contributed by atoms with Crippen molar-refractivity contribution in [2.24, 2.45) is 0 Å². The van der Waals surface area contributed by atoms with Crippen molar-refractivity contribution in [3.63, 3.8) is 0 Å². The molecule has 0 unspecified atom stereocenters. The second kappa shape index (κ2) is 6.87. The molecule has 1 heterocycles. The molecule has 23 heavy (non-hydrogen) atoms. The van der Waals surface area contributed by atoms with Gasteiger partial charge in [0.25, 0.3) is 0 Å². The maximum absolute atomic E-state index is 13.0. The third-order valence-electron chi connectivity index (χ3n) is 3.03. The fourth-order valence-electron chi connectivity index (χ4n) is 2.07. The third-order valence-corrected chi connectivity index (χ3v) is 3.03. The summed E-state index contributed by atoms with van der Waals surface area (Å²) in [6.45, 7) is 2.70. The molecule has 6 nitrogen and oxygen atoms in total. The normalized spacial score (nSPS) is 10.2. The van der Waals surface area contributed by atoms with Crippen molar-refractivity contribution < 1.29 is 14.0 Å². The molecule has 1 aromatic carbocycles. The summed E-state index contributed by atoms with van der Waals surface area (Å²) in [5, 5.41) is 5.12. The quantitative estimate of drug-likeness (QED) is 0.806. The summed E-state index contributed by atoms with van der Waals surface area (Å²) < 4.78 is 13.0. The largest absolute Gasteiger partial charge is 0.396 e. The summed E-state index contributed by atoms with van der Waals surface area (Å²) in [5.41, 5.74) is 7.69. The molecular formula is C16H17FN4O2. The minimum atomic E-state index is -0.325. The van der Waals surface area contributed by atoms with Crippen molar-refractivity contribution in [2.75, 3.05) is 16.4 Å². The number of nitrogens with zero attached hydrogens (tertiary/aromatic N) is 1. The molecule has 2 rings (SSSR count). The Labute approximate surface area is 132 Å². The number of hydrogen-bond acceptors (Lipinski definition) is 4. The topological polar surface area (TPSA) is 97.1 Å². The van der Waals surface area contributed by atoms with Gasteiger partial charge in [0.2, 0.25) is 11.8 Å². The van der Waals surface area contributed by atoms with Crippen molar-refractivity contribution >= 4 is 29.1 Å². The maximum Gasteiger partial charge on any atom is 0.222 e. The van der Waals surface area contributed by atoms with E-state index in [0.717, 1.165) is 5.56 Å². The Morgan fingerprint density at radius 3 is 2.22 bits per heavy atom. The van der Waals surface area contributed by atoms with Crippen LogP contribution in [0.2, 0.25) is 0 Å². The zero-order chi connectivity index (χ0) is 17.0. The lowest BCUT2D eigenvalue weighted by atomic mass is 10.0. The highest BCUT2D eigenvalue weighted by atomic mass is 19.1. The molecule has 0 saturated carbocycles. The van der Waals surface area contributed by atoms with E-state index in [9.17, 15) is 14.0 Å². The Kier molecular flexibility index (Phi) is 4.90. The van der Waals surface area contributed by atoms with Crippen molar-refractivity contribution in [1.29, 1.82) is 0 Å². The number of nitrogens with one attached hydrogen (secondary N) is 2. The minimum absolute atomic E-state index is 0.184. The average molecular weight is 316 g/mol. The number of carbonyl (C=O) groups is 2. The fourth-order valence-corrected chi connectivity index (χ4v) is 2.07. The molecule has 7 heteroatoms. The van der Waals surface area contributed by atoms with Gasteiger partial charge in [-0.25, -0.2) is 9.37 Å². The van der Waals surface area contributed by atoms with Crippen LogP contribution in [-0.2, 0) is 16.0 Å². The van der Waals surface area contributed by atoms with Crippen molar-refractivity contribution in [3.8, 4) is 0 Å². The Morgan fingerprint density at radius 2 is 1.65 bits per heavy atom. The molecule has 0 saturated heterocycles. The first kappa shape index (κ1) is 16.4. The van der Waals surface area contributed by atoms with E-state index >= 15 is 0 Å². The van der Waals surface area contributed by atoms with Crippen LogP contribution in [0.3, 0.4) is 0 Å². The van der Waals surface area contributed by atoms with E-state index in [-0.39, 0.29) is 29.1 Å². The number of aromatic nitrogens is 1. The van der Waals surface area contributed by atoms with E-state index in [2.05, 4.69) is 15.6 Å². The van der Waals surface area contributed by atoms with Gasteiger partial charge in [-0.3, -0.25) is 9.59 Å². The molecule has 0 fully saturated rings. The highest BCUT2D eigenvalue weighted by molar-refractivity contribution is 5.93. The van der Waals surface area contributed by atoms with Crippen LogP contribution in [0.15, 0.2) is 30.3 Å². The number of anilines is 3. The molecule has 2 aromatic rings. The average Bonchev–Trinajstić information content (AvgIpc) is 2.45. The number of nitrogen functional groups attached to an aromatic ring is 1. The number of nitrogens with two attached hydrogens (primary N) is 1. The van der Waals surface area contributed by atoms with E-state index in [1.165, 1.54) is 26.0 Å². The monoisotopic (exact) mass is 316 g/mol. The molecule has 0 bridgehead atoms. The SMILES string of the molecule is CC(=O)Nc1nc(NC(C)=O)c(Cc2ccc(F)cc2)cc1N. The summed E-state index contributed by atoms with van der Waals surface area (Å²) in [4.78, 5) is 26.7. The molecule has 0 radical (unpaired) electrons. The summed E-state index contributed by atoms with van der Waals surface area (Å²) in [5.74, 6) is -0.445. The lowest BCUT2D eigenvalue weighted by molar-refractivity contribution is -0.115. The summed E-state index contributed by atoms with van der Waals surface area (Å²) in [6.07, 6.45) is 0.410. The van der Waals surface area contributed by atoms with Gasteiger partial charge in [-0.2, -0.15) is 0 Å². The minimum Gasteiger partial charge on any atom is -0.396 e. The van der Waals surface area contributed by atoms with Gasteiger partial charge in [0.1, 0.15) is 11.6 Å². The van der Waals surface area contributed by atoms with Gasteiger partial charge < -0.3 is 16.4 Å². The predicted octanol–water partition coefficient (Wildman–Crippen LogP) is 2.31. The van der Waals surface area contributed by atoms with Crippen LogP contribution in [0.25, 0.3) is 0 Å². The molecule has 1 aromatic heterocycles. The van der Waals surface area contributed by atoms with Crippen LogP contribution < -0.4 is 16.4 Å². The van der Waals surface area contributed by atoms with Crippen LogP contribution in [-0.4, -0.2) is 16.8 Å². The number of benzene rings is 1. The summed E-state index contributed by atoms with van der Waals surface area (Å²) in [6, 6.07) is 7.63. The highest BCUT2D eigenvalue weighted by Gasteiger charge is 2.13. The molecule has 0 spiro atoms. The molecule has 120 valence electrons. The first-order valence-corrected chi connectivity index (χ1v) is 6.94. The predicted molar refractivity (Wildman–Crippen MR) is 86.5 cm³/mol. The van der Waals surface area contributed by atoms with Crippen molar-refractivity contribution in [2.45, 2.75) is 20.3 Å². The number of amides is 2. The number of halogens is 1. The van der Waals surface area contributed by atoms with Gasteiger partial charge >= 0.3 is 0 Å². The van der Waals surface area contributed by atoms with E-state index in [1.54, 1.807) is 18.2 Å². The Morgan fingerprint density at radius 1 is 1.09 bits per heavy atom. The second-order valence-electron chi connectivity index (χ2n) is 5.10. The van der Waals surface area contributed by atoms with Crippen LogP contribution in [0.4, 0.5) is 21.7 Å². The molecule has 2 amide bonds. The number of hydrogen-bond donors (Lipinski definition) is 3. The first-order valence-electron chi connectivity index (χ1n) is 6.94. The molecule has 0 aliphatic carbocycles. The number of rotatable bonds is 4. The van der Waals surface area contributed by atoms with Crippen LogP contribution >= 0.6 is 0 Å². The number of pyridine rings is 1. The molecule has 0 atom stereocenters. The lowest BCUT2D eigenvalue weighted by Crippen LogP contribution is -2.15. The fraction of sp³-hybridized carbons (Fsp3) is 0.188. The van der Waals surface area contributed by atoms with Crippen LogP contribution in [0.1, 0.15) is 25.0 Å². The van der Waals surface area contributed by atoms with Gasteiger partial charge in [0, 0.05) is 25.8 Å². The van der Waals surface area contributed by atoms with Crippen molar-refractivity contribution in [1.82, 2.24) is 4.98 Å². The molecule has 0 aliphatic heterocycles. The van der Waals surface area contributed by atoms with E-state index in [1.807, 2.05) is 0 Å². The summed E-state index contributed by atoms with van der Waals surface area (Å²) in [7, 11) is 0. The van der Waals surface area contributed by atoms with Gasteiger partial charge in [-0.1, -0.05) is 12.1 Å². The van der Waals surface area contributed by atoms with Crippen LogP contribution in [0, 0.1) is 5.82 Å². The standard InChI is InChI=1S/C16H17FN4O2/c1-9(22)19-15-12(7-11-3-5-13(17)6-4-11)8-14(18)16(21-15)20-10(2)23/h3-6,8H,7,18H2,1-2H3,(H2,19,20,21,22,23). The van der Waals surface area contributed by atoms with Crippen molar-refractivity contribution in [3.05, 3.63) is 47.3 Å². The zero-order valence-corrected chi connectivity index (χ0v) is 12.8. The summed E-state index contributed by atoms with van der Waals surface area (Å²) >= 11 is 0. The molecular weight excluding hydrogens is 299 g/mol. The van der Waals surface area contributed by atoms with Gasteiger partial charge in [0.05, 0.1) is 5.69 Å². The highest BCUT2D eigenvalue weighted by Crippen LogP contribution is 2.26. The maximum atomic E-state index is 13.0. The first-order chi connectivity index (χ1) is 10.8.